The minimum atomic E-state index is -0.947. The van der Waals surface area contributed by atoms with E-state index in [0.717, 1.165) is 17.1 Å². The van der Waals surface area contributed by atoms with Crippen molar-refractivity contribution in [3.05, 3.63) is 64.8 Å². The van der Waals surface area contributed by atoms with Crippen LogP contribution in [-0.4, -0.2) is 35.3 Å². The zero-order valence-corrected chi connectivity index (χ0v) is 19.9. The van der Waals surface area contributed by atoms with Gasteiger partial charge >= 0.3 is 5.97 Å². The molecule has 1 aliphatic carbocycles. The summed E-state index contributed by atoms with van der Waals surface area (Å²) in [5.74, 6) is -0.0746. The molecule has 0 aliphatic heterocycles. The van der Waals surface area contributed by atoms with E-state index >= 15 is 0 Å². The van der Waals surface area contributed by atoms with Crippen molar-refractivity contribution in [3.63, 3.8) is 0 Å². The Morgan fingerprint density at radius 1 is 1.12 bits per heavy atom. The molecule has 1 aromatic carbocycles. The largest absolute Gasteiger partial charge is 0.478 e. The molecule has 7 nitrogen and oxygen atoms in total. The lowest BCUT2D eigenvalue weighted by Crippen LogP contribution is -2.12. The number of carbonyl (C=O) groups is 1. The maximum atomic E-state index is 10.5. The molecular formula is C25H34N4O3. The number of anilines is 3. The second-order valence-electron chi connectivity index (χ2n) is 7.37. The van der Waals surface area contributed by atoms with Gasteiger partial charge in [-0.15, -0.1) is 0 Å². The molecule has 0 unspecified atom stereocenters. The quantitative estimate of drug-likeness (QED) is 0.533. The van der Waals surface area contributed by atoms with Gasteiger partial charge in [-0.1, -0.05) is 25.1 Å². The Balaban J connectivity index is 0.000000239. The molecule has 32 heavy (non-hydrogen) atoms. The Bertz CT molecular complexity index is 1010. The van der Waals surface area contributed by atoms with Crippen molar-refractivity contribution >= 4 is 23.0 Å². The molecule has 2 heterocycles. The number of aromatic carboxylic acids is 1. The van der Waals surface area contributed by atoms with E-state index < -0.39 is 5.97 Å². The number of hydrogen-bond donors (Lipinski definition) is 2. The Labute approximate surface area is 190 Å². The third-order valence-electron chi connectivity index (χ3n) is 5.37. The summed E-state index contributed by atoms with van der Waals surface area (Å²) in [5.41, 5.74) is 7.02. The van der Waals surface area contributed by atoms with Crippen LogP contribution in [0.25, 0.3) is 0 Å². The molecule has 2 aromatic heterocycles. The van der Waals surface area contributed by atoms with Crippen molar-refractivity contribution in [1.29, 1.82) is 0 Å². The van der Waals surface area contributed by atoms with Crippen LogP contribution in [-0.2, 0) is 12.8 Å². The van der Waals surface area contributed by atoms with Crippen LogP contribution in [0.2, 0.25) is 0 Å². The molecule has 0 amide bonds. The third-order valence-corrected chi connectivity index (χ3v) is 5.37. The number of carboxylic acid groups (broad SMARTS) is 1. The molecule has 0 atom stereocenters. The van der Waals surface area contributed by atoms with E-state index in [1.807, 2.05) is 27.7 Å². The molecule has 1 aliphatic rings. The van der Waals surface area contributed by atoms with E-state index in [9.17, 15) is 4.79 Å². The maximum absolute atomic E-state index is 10.5. The molecule has 4 rings (SSSR count). The van der Waals surface area contributed by atoms with Crippen LogP contribution in [0.3, 0.4) is 0 Å². The van der Waals surface area contributed by atoms with Crippen LogP contribution in [0, 0.1) is 13.8 Å². The van der Waals surface area contributed by atoms with Crippen LogP contribution >= 0.6 is 0 Å². The van der Waals surface area contributed by atoms with Gasteiger partial charge in [0.15, 0.2) is 5.76 Å². The summed E-state index contributed by atoms with van der Waals surface area (Å²) in [6.45, 7) is 7.95. The number of nitrogens with zero attached hydrogens (tertiary/aromatic N) is 3. The molecule has 0 spiro atoms. The fourth-order valence-electron chi connectivity index (χ4n) is 3.79. The average Bonchev–Trinajstić information content (AvgIpc) is 3.17. The van der Waals surface area contributed by atoms with Crippen molar-refractivity contribution in [2.24, 2.45) is 0 Å². The topological polar surface area (TPSA) is 91.5 Å². The summed E-state index contributed by atoms with van der Waals surface area (Å²) in [6, 6.07) is 8.25. The number of fused-ring (bicyclic) bond motifs is 1. The highest BCUT2D eigenvalue weighted by Gasteiger charge is 2.17. The van der Waals surface area contributed by atoms with Crippen molar-refractivity contribution < 1.29 is 14.4 Å². The van der Waals surface area contributed by atoms with E-state index in [2.05, 4.69) is 45.6 Å². The van der Waals surface area contributed by atoms with Gasteiger partial charge < -0.3 is 19.8 Å². The zero-order valence-electron chi connectivity index (χ0n) is 19.9. The maximum Gasteiger partial charge on any atom is 0.337 e. The van der Waals surface area contributed by atoms with Crippen molar-refractivity contribution in [1.82, 2.24) is 10.1 Å². The number of aryl methyl sites for hydroxylation is 4. The molecule has 2 N–H and O–H groups in total. The van der Waals surface area contributed by atoms with Gasteiger partial charge in [0.2, 0.25) is 0 Å². The van der Waals surface area contributed by atoms with E-state index in [1.165, 1.54) is 61.0 Å². The minimum absolute atomic E-state index is 0.238. The van der Waals surface area contributed by atoms with Gasteiger partial charge in [-0.25, -0.2) is 4.79 Å². The highest BCUT2D eigenvalue weighted by molar-refractivity contribution is 5.93. The van der Waals surface area contributed by atoms with Gasteiger partial charge in [0.25, 0.3) is 0 Å². The molecule has 0 radical (unpaired) electrons. The van der Waals surface area contributed by atoms with E-state index in [1.54, 1.807) is 7.05 Å². The lowest BCUT2D eigenvalue weighted by molar-refractivity contribution is 0.0698. The van der Waals surface area contributed by atoms with Gasteiger partial charge in [0, 0.05) is 26.0 Å². The first-order valence-corrected chi connectivity index (χ1v) is 11.1. The normalized spacial score (nSPS) is 11.8. The third kappa shape index (κ3) is 5.87. The van der Waals surface area contributed by atoms with Crippen LogP contribution in [0.1, 0.15) is 59.6 Å². The van der Waals surface area contributed by atoms with Crippen LogP contribution in [0.5, 0.6) is 0 Å². The fraction of sp³-hybridized carbons (Fsp3) is 0.400. The molecule has 0 saturated carbocycles. The number of nitrogens with one attached hydrogen (secondary N) is 1. The van der Waals surface area contributed by atoms with Crippen molar-refractivity contribution in [3.8, 4) is 0 Å². The van der Waals surface area contributed by atoms with E-state index in [0.29, 0.717) is 5.69 Å². The first-order valence-electron chi connectivity index (χ1n) is 11.1. The van der Waals surface area contributed by atoms with Crippen LogP contribution in [0.4, 0.5) is 17.1 Å². The second-order valence-corrected chi connectivity index (χ2v) is 7.37. The standard InChI is InChI=1S/C16H20N2O.C7H8N2O2.C2H6/c1-11-16(12(2)19-17-11)18(3)15-9-8-13-6-4-5-7-14(13)10-15;1-8-6-4-9-3-2-5(6)7(10)11;1-2/h8-10H,4-7H2,1-3H3;2-4,8H,1H3,(H,10,11);1-2H3. The highest BCUT2D eigenvalue weighted by atomic mass is 16.5. The lowest BCUT2D eigenvalue weighted by atomic mass is 9.91. The number of aromatic nitrogens is 2. The van der Waals surface area contributed by atoms with E-state index in [4.69, 9.17) is 9.63 Å². The summed E-state index contributed by atoms with van der Waals surface area (Å²) >= 11 is 0. The predicted molar refractivity (Wildman–Crippen MR) is 129 cm³/mol. The molecular weight excluding hydrogens is 404 g/mol. The fourth-order valence-corrected chi connectivity index (χ4v) is 3.79. The monoisotopic (exact) mass is 438 g/mol. The summed E-state index contributed by atoms with van der Waals surface area (Å²) < 4.78 is 5.26. The lowest BCUT2D eigenvalue weighted by Gasteiger charge is -2.22. The Morgan fingerprint density at radius 3 is 2.38 bits per heavy atom. The first kappa shape index (κ1) is 24.9. The van der Waals surface area contributed by atoms with E-state index in [-0.39, 0.29) is 5.56 Å². The number of rotatable bonds is 4. The minimum Gasteiger partial charge on any atom is -0.478 e. The number of carboxylic acids is 1. The molecule has 0 bridgehead atoms. The average molecular weight is 439 g/mol. The number of hydrogen-bond acceptors (Lipinski definition) is 6. The smallest absolute Gasteiger partial charge is 0.337 e. The molecule has 7 heteroatoms. The van der Waals surface area contributed by atoms with Gasteiger partial charge in [-0.05, 0) is 68.9 Å². The predicted octanol–water partition coefficient (Wildman–Crippen LogP) is 5.79. The molecule has 172 valence electrons. The highest BCUT2D eigenvalue weighted by Crippen LogP contribution is 2.32. The Morgan fingerprint density at radius 2 is 1.81 bits per heavy atom. The Hall–Kier alpha value is -3.35. The van der Waals surface area contributed by atoms with Gasteiger partial charge in [0.1, 0.15) is 11.4 Å². The first-order chi connectivity index (χ1) is 15.4. The van der Waals surface area contributed by atoms with Crippen LogP contribution < -0.4 is 10.2 Å². The molecule has 0 fully saturated rings. The van der Waals surface area contributed by atoms with Crippen LogP contribution in [0.15, 0.2) is 41.2 Å². The van der Waals surface area contributed by atoms with Gasteiger partial charge in [0.05, 0.1) is 17.4 Å². The number of pyridine rings is 1. The van der Waals surface area contributed by atoms with Gasteiger partial charge in [-0.2, -0.15) is 0 Å². The molecule has 3 aromatic rings. The SMILES string of the molecule is CC.CNc1cnccc1C(=O)O.Cc1noc(C)c1N(C)c1ccc2c(c1)CCCC2. The number of benzene rings is 1. The summed E-state index contributed by atoms with van der Waals surface area (Å²) in [7, 11) is 3.74. The van der Waals surface area contributed by atoms with Gasteiger partial charge in [-0.3, -0.25) is 4.98 Å². The van der Waals surface area contributed by atoms with Crippen molar-refractivity contribution in [2.45, 2.75) is 53.4 Å². The van der Waals surface area contributed by atoms with Crippen molar-refractivity contribution in [2.75, 3.05) is 24.3 Å². The summed E-state index contributed by atoms with van der Waals surface area (Å²) in [4.78, 5) is 16.5. The summed E-state index contributed by atoms with van der Waals surface area (Å²) in [6.07, 6.45) is 7.99. The zero-order chi connectivity index (χ0) is 23.7. The summed E-state index contributed by atoms with van der Waals surface area (Å²) in [5, 5.41) is 15.4. The Kier molecular flexibility index (Phi) is 9.25. The molecule has 0 saturated heterocycles. The second kappa shape index (κ2) is 11.9.